The largest absolute Gasteiger partial charge is 0.478 e. The van der Waals surface area contributed by atoms with Crippen molar-refractivity contribution in [3.8, 4) is 34.0 Å². The van der Waals surface area contributed by atoms with Gasteiger partial charge in [0.2, 0.25) is 12.2 Å². The molecule has 0 aliphatic rings. The van der Waals surface area contributed by atoms with Gasteiger partial charge in [-0.05, 0) is 48.9 Å². The molecule has 0 fully saturated rings. The number of carboxylic acid groups (broad SMARTS) is 1. The van der Waals surface area contributed by atoms with Crippen LogP contribution in [0.4, 0.5) is 0 Å². The Morgan fingerprint density at radius 2 is 0.909 bits per heavy atom. The number of nitrogens with zero attached hydrogens (tertiary/aromatic N) is 2. The zero-order chi connectivity index (χ0) is 45.7. The maximum absolute atomic E-state index is 12.7. The Balaban J connectivity index is 0.000000215. The topological polar surface area (TPSA) is 134 Å². The molecule has 342 valence electrons. The van der Waals surface area contributed by atoms with Gasteiger partial charge in [0, 0.05) is 33.4 Å². The van der Waals surface area contributed by atoms with Gasteiger partial charge in [0.1, 0.15) is 22.9 Å². The molecular weight excluding hydrogens is 829 g/mol. The van der Waals surface area contributed by atoms with Crippen molar-refractivity contribution >= 4 is 33.9 Å². The third kappa shape index (κ3) is 10.7. The van der Waals surface area contributed by atoms with Crippen molar-refractivity contribution in [3.63, 3.8) is 0 Å². The molecule has 2 atom stereocenters. The summed E-state index contributed by atoms with van der Waals surface area (Å²) in [6.45, 7) is 8.44. The fourth-order valence-electron chi connectivity index (χ4n) is 8.25. The number of ether oxygens (including phenoxy) is 3. The molecule has 2 unspecified atom stereocenters. The van der Waals surface area contributed by atoms with E-state index in [0.717, 1.165) is 106 Å². The Morgan fingerprint density at radius 1 is 0.545 bits per heavy atom. The summed E-state index contributed by atoms with van der Waals surface area (Å²) in [6.07, 6.45) is 4.67. The summed E-state index contributed by atoms with van der Waals surface area (Å²) in [7, 11) is 1.38. The number of benzene rings is 6. The quantitative estimate of drug-likeness (QED) is 0.0830. The van der Waals surface area contributed by atoms with Gasteiger partial charge in [-0.15, -0.1) is 0 Å². The van der Waals surface area contributed by atoms with Crippen LogP contribution in [0, 0.1) is 0 Å². The van der Waals surface area contributed by atoms with E-state index in [-0.39, 0.29) is 7.43 Å². The SMILES string of the molecule is C.CCCc1cc2c(-c3ccccc3)noc2c(CCC)c1OC(C(=O)O)c1ccccc1.CCCc1cc2c(-c3ccccc3)noc2c(CCC)c1OC(C(=O)OC)c1ccccc1. The second-order valence-electron chi connectivity index (χ2n) is 15.9. The maximum Gasteiger partial charge on any atom is 0.351 e. The number of fused-ring (bicyclic) bond motifs is 2. The number of aryl methyl sites for hydroxylation is 4. The molecule has 0 saturated heterocycles. The van der Waals surface area contributed by atoms with E-state index in [9.17, 15) is 14.7 Å². The van der Waals surface area contributed by atoms with Crippen molar-refractivity contribution in [1.29, 1.82) is 0 Å². The average molecular weight is 889 g/mol. The fraction of sp³-hybridized carbons (Fsp3) is 0.286. The van der Waals surface area contributed by atoms with E-state index in [1.54, 1.807) is 12.1 Å². The lowest BCUT2D eigenvalue weighted by Gasteiger charge is -2.22. The first-order valence-electron chi connectivity index (χ1n) is 22.5. The first-order chi connectivity index (χ1) is 31.8. The minimum atomic E-state index is -1.10. The van der Waals surface area contributed by atoms with Gasteiger partial charge < -0.3 is 28.4 Å². The summed E-state index contributed by atoms with van der Waals surface area (Å²) in [5, 5.41) is 20.6. The van der Waals surface area contributed by atoms with Gasteiger partial charge in [0.05, 0.1) is 17.9 Å². The molecule has 10 heteroatoms. The molecule has 8 rings (SSSR count). The lowest BCUT2D eigenvalue weighted by molar-refractivity contribution is -0.149. The average Bonchev–Trinajstić information content (AvgIpc) is 3.97. The van der Waals surface area contributed by atoms with Crippen LogP contribution in [0.3, 0.4) is 0 Å². The molecule has 6 aromatic carbocycles. The van der Waals surface area contributed by atoms with E-state index in [1.165, 1.54) is 7.11 Å². The maximum atomic E-state index is 12.7. The van der Waals surface area contributed by atoms with Gasteiger partial charge in [-0.25, -0.2) is 9.59 Å². The van der Waals surface area contributed by atoms with E-state index in [2.05, 4.69) is 50.1 Å². The molecule has 0 bridgehead atoms. The second-order valence-corrected chi connectivity index (χ2v) is 15.9. The van der Waals surface area contributed by atoms with Crippen LogP contribution in [-0.4, -0.2) is 34.5 Å². The smallest absolute Gasteiger partial charge is 0.351 e. The fourth-order valence-corrected chi connectivity index (χ4v) is 8.25. The first kappa shape index (κ1) is 48.3. The van der Waals surface area contributed by atoms with Gasteiger partial charge in [-0.1, -0.05) is 192 Å². The van der Waals surface area contributed by atoms with Gasteiger partial charge in [0.15, 0.2) is 11.2 Å². The molecule has 66 heavy (non-hydrogen) atoms. The third-order valence-corrected chi connectivity index (χ3v) is 11.2. The summed E-state index contributed by atoms with van der Waals surface area (Å²) >= 11 is 0. The predicted octanol–water partition coefficient (Wildman–Crippen LogP) is 13.9. The molecule has 0 aliphatic carbocycles. The molecule has 0 aliphatic heterocycles. The van der Waals surface area contributed by atoms with Gasteiger partial charge in [-0.3, -0.25) is 0 Å². The highest BCUT2D eigenvalue weighted by Crippen LogP contribution is 2.42. The zero-order valence-corrected chi connectivity index (χ0v) is 37.7. The number of carbonyl (C=O) groups excluding carboxylic acids is 1. The molecule has 2 heterocycles. The van der Waals surface area contributed by atoms with Crippen molar-refractivity contribution in [2.24, 2.45) is 0 Å². The van der Waals surface area contributed by atoms with Crippen LogP contribution < -0.4 is 9.47 Å². The van der Waals surface area contributed by atoms with Crippen LogP contribution in [0.5, 0.6) is 11.5 Å². The Labute approximate surface area is 387 Å². The van der Waals surface area contributed by atoms with Crippen molar-refractivity contribution in [2.45, 2.75) is 98.7 Å². The Hall–Kier alpha value is -7.20. The highest BCUT2D eigenvalue weighted by Gasteiger charge is 2.30. The van der Waals surface area contributed by atoms with Gasteiger partial charge in [-0.2, -0.15) is 0 Å². The molecular formula is C56H60N2O8. The van der Waals surface area contributed by atoms with Crippen molar-refractivity contribution in [1.82, 2.24) is 10.3 Å². The van der Waals surface area contributed by atoms with E-state index < -0.39 is 24.1 Å². The monoisotopic (exact) mass is 888 g/mol. The van der Waals surface area contributed by atoms with Gasteiger partial charge in [0.25, 0.3) is 0 Å². The van der Waals surface area contributed by atoms with Crippen LogP contribution in [0.15, 0.2) is 143 Å². The van der Waals surface area contributed by atoms with E-state index >= 15 is 0 Å². The van der Waals surface area contributed by atoms with Crippen molar-refractivity contribution in [2.75, 3.05) is 7.11 Å². The van der Waals surface area contributed by atoms with E-state index in [4.69, 9.17) is 23.3 Å². The highest BCUT2D eigenvalue weighted by atomic mass is 16.6. The molecule has 0 radical (unpaired) electrons. The molecule has 0 amide bonds. The highest BCUT2D eigenvalue weighted by molar-refractivity contribution is 5.96. The zero-order valence-electron chi connectivity index (χ0n) is 37.7. The minimum absolute atomic E-state index is 0. The Morgan fingerprint density at radius 3 is 1.27 bits per heavy atom. The van der Waals surface area contributed by atoms with Crippen molar-refractivity contribution < 1.29 is 38.0 Å². The summed E-state index contributed by atoms with van der Waals surface area (Å²) < 4.78 is 29.6. The summed E-state index contributed by atoms with van der Waals surface area (Å²) in [4.78, 5) is 24.9. The number of hydrogen-bond acceptors (Lipinski definition) is 9. The lowest BCUT2D eigenvalue weighted by atomic mass is 9.96. The second kappa shape index (κ2) is 23.1. The van der Waals surface area contributed by atoms with Crippen molar-refractivity contribution in [3.05, 3.63) is 167 Å². The number of carbonyl (C=O) groups is 2. The van der Waals surface area contributed by atoms with Crippen LogP contribution >= 0.6 is 0 Å². The standard InChI is InChI=1S/C28H29NO4.C27H27NO4.CH4/c1-4-12-21-18-23-24(19-14-8-6-9-15-19)29-33-27(23)22(13-5-2)25(21)32-26(28(30)31-3)20-16-10-7-11-17-20;1-3-11-20-17-22-23(18-13-7-5-8-14-18)28-32-26(22)21(12-4-2)24(20)31-25(27(29)30)19-15-9-6-10-16-19;/h6-11,14-18,26H,4-5,12-13H2,1-3H3;5-10,13-17,25H,3-4,11-12H2,1-2H3,(H,29,30);1H4. The lowest BCUT2D eigenvalue weighted by Crippen LogP contribution is -2.21. The number of methoxy groups -OCH3 is 1. The summed E-state index contributed by atoms with van der Waals surface area (Å²) in [5.41, 5.74) is 10.2. The molecule has 1 N–H and O–H groups in total. The molecule has 0 saturated carbocycles. The van der Waals surface area contributed by atoms with Crippen LogP contribution in [-0.2, 0) is 40.0 Å². The third-order valence-electron chi connectivity index (χ3n) is 11.2. The minimum Gasteiger partial charge on any atom is -0.478 e. The van der Waals surface area contributed by atoms with Crippen LogP contribution in [0.2, 0.25) is 0 Å². The number of aliphatic carboxylic acids is 1. The summed E-state index contributed by atoms with van der Waals surface area (Å²) in [6, 6.07) is 42.6. The Kier molecular flexibility index (Phi) is 16.9. The number of hydrogen-bond donors (Lipinski definition) is 1. The Bertz CT molecular complexity index is 2800. The van der Waals surface area contributed by atoms with E-state index in [1.807, 2.05) is 109 Å². The number of rotatable bonds is 18. The number of aromatic nitrogens is 2. The number of esters is 1. The van der Waals surface area contributed by atoms with Gasteiger partial charge >= 0.3 is 11.9 Å². The molecule has 2 aromatic heterocycles. The predicted molar refractivity (Wildman–Crippen MR) is 261 cm³/mol. The molecule has 10 nitrogen and oxygen atoms in total. The summed E-state index contributed by atoms with van der Waals surface area (Å²) in [5.74, 6) is -0.160. The van der Waals surface area contributed by atoms with E-state index in [0.29, 0.717) is 34.6 Å². The number of carboxylic acids is 1. The van der Waals surface area contributed by atoms with Crippen LogP contribution in [0.1, 0.15) is 106 Å². The first-order valence-corrected chi connectivity index (χ1v) is 22.5. The molecule has 8 aromatic rings. The van der Waals surface area contributed by atoms with Crippen LogP contribution in [0.25, 0.3) is 44.5 Å². The molecule has 0 spiro atoms. The normalized spacial score (nSPS) is 11.8.